The van der Waals surface area contributed by atoms with Crippen LogP contribution in [0.1, 0.15) is 40.7 Å². The monoisotopic (exact) mass is 524 g/mol. The number of hydrogen-bond acceptors (Lipinski definition) is 6. The Bertz CT molecular complexity index is 1410. The van der Waals surface area contributed by atoms with Gasteiger partial charge in [0.05, 0.1) is 12.3 Å². The molecule has 0 amide bonds. The second kappa shape index (κ2) is 13.2. The average Bonchev–Trinajstić information content (AvgIpc) is 3.32. The van der Waals surface area contributed by atoms with E-state index in [-0.39, 0.29) is 12.2 Å². The summed E-state index contributed by atoms with van der Waals surface area (Å²) in [4.78, 5) is 28.9. The van der Waals surface area contributed by atoms with Crippen LogP contribution in [-0.4, -0.2) is 34.5 Å². The highest BCUT2D eigenvalue weighted by atomic mass is 16.5. The number of carboxylic acids is 1. The maximum Gasteiger partial charge on any atom is 0.326 e. The van der Waals surface area contributed by atoms with E-state index in [4.69, 9.17) is 9.15 Å². The minimum absolute atomic E-state index is 0.179. The predicted octanol–water partition coefficient (Wildman–Crippen LogP) is 6.03. The lowest BCUT2D eigenvalue weighted by atomic mass is 10.1. The number of nitrogens with one attached hydrogen (secondary N) is 1. The summed E-state index contributed by atoms with van der Waals surface area (Å²) in [6, 6.07) is 25.2. The van der Waals surface area contributed by atoms with E-state index in [1.807, 2.05) is 67.6 Å². The van der Waals surface area contributed by atoms with Crippen LogP contribution in [0.25, 0.3) is 11.5 Å². The molecule has 0 aliphatic rings. The smallest absolute Gasteiger partial charge is 0.326 e. The highest BCUT2D eigenvalue weighted by Gasteiger charge is 2.18. The Balaban J connectivity index is 1.26. The number of hydrogen-bond donors (Lipinski definition) is 2. The molecular formula is C32H32N2O5. The fourth-order valence-electron chi connectivity index (χ4n) is 4.15. The first-order chi connectivity index (χ1) is 18.9. The van der Waals surface area contributed by atoms with Gasteiger partial charge in [0.1, 0.15) is 17.6 Å². The van der Waals surface area contributed by atoms with E-state index in [0.29, 0.717) is 29.5 Å². The van der Waals surface area contributed by atoms with E-state index < -0.39 is 12.0 Å². The largest absolute Gasteiger partial charge is 0.494 e. The van der Waals surface area contributed by atoms with E-state index in [9.17, 15) is 14.7 Å². The van der Waals surface area contributed by atoms with Gasteiger partial charge < -0.3 is 19.6 Å². The highest BCUT2D eigenvalue weighted by molar-refractivity contribution is 6.04. The van der Waals surface area contributed by atoms with Crippen LogP contribution in [-0.2, 0) is 17.6 Å². The zero-order valence-electron chi connectivity index (χ0n) is 22.1. The molecule has 0 aliphatic heterocycles. The topological polar surface area (TPSA) is 102 Å². The zero-order valence-corrected chi connectivity index (χ0v) is 22.1. The van der Waals surface area contributed by atoms with E-state index in [1.54, 1.807) is 31.2 Å². The van der Waals surface area contributed by atoms with Crippen molar-refractivity contribution in [3.05, 3.63) is 119 Å². The van der Waals surface area contributed by atoms with Crippen LogP contribution in [0.2, 0.25) is 0 Å². The maximum absolute atomic E-state index is 12.4. The van der Waals surface area contributed by atoms with Crippen LogP contribution in [0.4, 0.5) is 0 Å². The molecule has 4 aromatic rings. The number of benzene rings is 3. The van der Waals surface area contributed by atoms with Gasteiger partial charge in [-0.2, -0.15) is 0 Å². The number of oxazole rings is 1. The van der Waals surface area contributed by atoms with E-state index >= 15 is 0 Å². The standard InChI is InChI=1S/C32H32N2O5/c1-22(20-30(35)25-10-5-3-6-11-25)33-29(32(36)37)21-24-15-17-27(18-16-24)38-19-9-14-28-23(2)39-31(34-28)26-12-7-4-8-13-26/h3-8,10-13,15-18,20,29,33H,9,14,19,21H2,1-2H3,(H,36,37)/b22-20-. The Labute approximate surface area is 228 Å². The molecule has 4 rings (SSSR count). The number of aromatic nitrogens is 1. The molecule has 0 aliphatic carbocycles. The van der Waals surface area contributed by atoms with Crippen LogP contribution in [0.15, 0.2) is 101 Å². The second-order valence-electron chi connectivity index (χ2n) is 9.28. The molecule has 0 saturated heterocycles. The minimum atomic E-state index is -0.992. The van der Waals surface area contributed by atoms with Crippen molar-refractivity contribution in [2.75, 3.05) is 6.61 Å². The lowest BCUT2D eigenvalue weighted by molar-refractivity contribution is -0.139. The molecule has 3 aromatic carbocycles. The minimum Gasteiger partial charge on any atom is -0.494 e. The summed E-state index contributed by atoms with van der Waals surface area (Å²) in [5.41, 5.74) is 3.77. The summed E-state index contributed by atoms with van der Waals surface area (Å²) in [5, 5.41) is 12.7. The molecule has 0 fully saturated rings. The van der Waals surface area contributed by atoms with Crippen LogP contribution in [0.5, 0.6) is 5.75 Å². The maximum atomic E-state index is 12.4. The summed E-state index contributed by atoms with van der Waals surface area (Å²) in [6.07, 6.45) is 3.20. The highest BCUT2D eigenvalue weighted by Crippen LogP contribution is 2.22. The van der Waals surface area contributed by atoms with Crippen molar-refractivity contribution in [1.82, 2.24) is 10.3 Å². The van der Waals surface area contributed by atoms with Crippen LogP contribution >= 0.6 is 0 Å². The first kappa shape index (κ1) is 27.4. The quantitative estimate of drug-likeness (QED) is 0.125. The number of ketones is 1. The molecule has 200 valence electrons. The molecule has 0 radical (unpaired) electrons. The Morgan fingerprint density at radius 3 is 2.33 bits per heavy atom. The van der Waals surface area contributed by atoms with Gasteiger partial charge in [-0.05, 0) is 56.5 Å². The fourth-order valence-corrected chi connectivity index (χ4v) is 4.15. The third-order valence-electron chi connectivity index (χ3n) is 6.21. The van der Waals surface area contributed by atoms with Gasteiger partial charge in [0.25, 0.3) is 0 Å². The van der Waals surface area contributed by atoms with Gasteiger partial charge in [-0.1, -0.05) is 60.7 Å². The average molecular weight is 525 g/mol. The third kappa shape index (κ3) is 7.92. The van der Waals surface area contributed by atoms with E-state index in [2.05, 4.69) is 10.3 Å². The van der Waals surface area contributed by atoms with Crippen molar-refractivity contribution >= 4 is 11.8 Å². The molecule has 1 atom stereocenters. The Kier molecular flexibility index (Phi) is 9.29. The molecule has 7 heteroatoms. The van der Waals surface area contributed by atoms with E-state index in [1.165, 1.54) is 6.08 Å². The number of aryl methyl sites for hydroxylation is 2. The van der Waals surface area contributed by atoms with Crippen molar-refractivity contribution in [2.45, 2.75) is 39.2 Å². The van der Waals surface area contributed by atoms with Crippen molar-refractivity contribution in [3.8, 4) is 17.2 Å². The summed E-state index contributed by atoms with van der Waals surface area (Å²) in [6.45, 7) is 4.13. The van der Waals surface area contributed by atoms with Crippen molar-refractivity contribution in [2.24, 2.45) is 0 Å². The summed E-state index contributed by atoms with van der Waals surface area (Å²) in [7, 11) is 0. The molecule has 0 bridgehead atoms. The van der Waals surface area contributed by atoms with Crippen molar-refractivity contribution < 1.29 is 23.8 Å². The molecule has 1 aromatic heterocycles. The van der Waals surface area contributed by atoms with Crippen LogP contribution in [0.3, 0.4) is 0 Å². The zero-order chi connectivity index (χ0) is 27.6. The SMILES string of the molecule is C/C(=C/C(=O)c1ccccc1)NC(Cc1ccc(OCCCc2nc(-c3ccccc3)oc2C)cc1)C(=O)O. The van der Waals surface area contributed by atoms with Gasteiger partial charge in [-0.25, -0.2) is 9.78 Å². The molecule has 0 spiro atoms. The lowest BCUT2D eigenvalue weighted by Crippen LogP contribution is -2.37. The van der Waals surface area contributed by atoms with Gasteiger partial charge in [-0.3, -0.25) is 4.79 Å². The molecule has 0 saturated carbocycles. The fraction of sp³-hybridized carbons (Fsp3) is 0.219. The first-order valence-corrected chi connectivity index (χ1v) is 12.9. The van der Waals surface area contributed by atoms with Gasteiger partial charge in [0.15, 0.2) is 5.78 Å². The molecule has 1 heterocycles. The summed E-state index contributed by atoms with van der Waals surface area (Å²) >= 11 is 0. The Morgan fingerprint density at radius 1 is 1.00 bits per heavy atom. The van der Waals surface area contributed by atoms with Gasteiger partial charge in [0.2, 0.25) is 5.89 Å². The number of carbonyl (C=O) groups excluding carboxylic acids is 1. The lowest BCUT2D eigenvalue weighted by Gasteiger charge is -2.16. The number of rotatable bonds is 13. The van der Waals surface area contributed by atoms with Crippen LogP contribution in [0, 0.1) is 6.92 Å². The van der Waals surface area contributed by atoms with Gasteiger partial charge >= 0.3 is 5.97 Å². The third-order valence-corrected chi connectivity index (χ3v) is 6.21. The van der Waals surface area contributed by atoms with Gasteiger partial charge in [-0.15, -0.1) is 0 Å². The number of nitrogens with zero attached hydrogens (tertiary/aromatic N) is 1. The molecule has 39 heavy (non-hydrogen) atoms. The second-order valence-corrected chi connectivity index (χ2v) is 9.28. The summed E-state index contributed by atoms with van der Waals surface area (Å²) < 4.78 is 11.7. The molecule has 1 unspecified atom stereocenters. The number of allylic oxidation sites excluding steroid dienone is 2. The summed E-state index contributed by atoms with van der Waals surface area (Å²) in [5.74, 6) is 0.983. The van der Waals surface area contributed by atoms with Crippen molar-refractivity contribution in [3.63, 3.8) is 0 Å². The number of carbonyl (C=O) groups is 2. The van der Waals surface area contributed by atoms with E-state index in [0.717, 1.165) is 35.4 Å². The van der Waals surface area contributed by atoms with Crippen molar-refractivity contribution in [1.29, 1.82) is 0 Å². The molecule has 2 N–H and O–H groups in total. The molecular weight excluding hydrogens is 492 g/mol. The Hall–Kier alpha value is -4.65. The molecule has 7 nitrogen and oxygen atoms in total. The predicted molar refractivity (Wildman–Crippen MR) is 150 cm³/mol. The number of carboxylic acid groups (broad SMARTS) is 1. The Morgan fingerprint density at radius 2 is 1.67 bits per heavy atom. The number of aliphatic carboxylic acids is 1. The first-order valence-electron chi connectivity index (χ1n) is 12.9. The number of ether oxygens (including phenoxy) is 1. The normalized spacial score (nSPS) is 12.1. The van der Waals surface area contributed by atoms with Gasteiger partial charge in [0, 0.05) is 29.3 Å². The van der Waals surface area contributed by atoms with Crippen LogP contribution < -0.4 is 10.1 Å².